The Morgan fingerprint density at radius 3 is 2.62 bits per heavy atom. The van der Waals surface area contributed by atoms with E-state index in [2.05, 4.69) is 63.8 Å². The Kier molecular flexibility index (Phi) is 3.83. The molecule has 1 atom stereocenters. The van der Waals surface area contributed by atoms with Crippen molar-refractivity contribution in [3.8, 4) is 0 Å². The maximum absolute atomic E-state index is 11.5. The maximum Gasteiger partial charge on any atom is 0.228 e. The Hall–Kier alpha value is -1.65. The summed E-state index contributed by atoms with van der Waals surface area (Å²) in [5.74, 6) is 0.0719. The Bertz CT molecular complexity index is 712. The lowest BCUT2D eigenvalue weighted by Crippen LogP contribution is -2.18. The first-order valence-corrected chi connectivity index (χ1v) is 7.74. The van der Waals surface area contributed by atoms with Crippen LogP contribution in [0.3, 0.4) is 0 Å². The minimum absolute atomic E-state index is 0.0719. The van der Waals surface area contributed by atoms with Gasteiger partial charge in [0, 0.05) is 10.2 Å². The van der Waals surface area contributed by atoms with E-state index in [0.717, 1.165) is 15.7 Å². The van der Waals surface area contributed by atoms with E-state index in [1.807, 2.05) is 13.1 Å². The minimum Gasteiger partial charge on any atom is -0.326 e. The van der Waals surface area contributed by atoms with Crippen molar-refractivity contribution >= 4 is 27.5 Å². The predicted octanol–water partition coefficient (Wildman–Crippen LogP) is 3.56. The number of hydrogen-bond acceptors (Lipinski definition) is 2. The van der Waals surface area contributed by atoms with Gasteiger partial charge >= 0.3 is 0 Å². The van der Waals surface area contributed by atoms with Crippen LogP contribution < -0.4 is 10.6 Å². The molecule has 2 aromatic rings. The van der Waals surface area contributed by atoms with Gasteiger partial charge in [0.1, 0.15) is 0 Å². The van der Waals surface area contributed by atoms with Crippen LogP contribution in [0.1, 0.15) is 28.3 Å². The number of anilines is 1. The van der Waals surface area contributed by atoms with Gasteiger partial charge in [-0.05, 0) is 48.4 Å². The van der Waals surface area contributed by atoms with Gasteiger partial charge in [-0.2, -0.15) is 0 Å². The van der Waals surface area contributed by atoms with Crippen molar-refractivity contribution in [3.63, 3.8) is 0 Å². The smallest absolute Gasteiger partial charge is 0.228 e. The molecule has 0 bridgehead atoms. The fraction of sp³-hybridized carbons (Fsp3) is 0.235. The number of amides is 1. The third kappa shape index (κ3) is 2.74. The molecule has 1 amide bonds. The molecule has 0 saturated carbocycles. The quantitative estimate of drug-likeness (QED) is 0.893. The molecule has 108 valence electrons. The van der Waals surface area contributed by atoms with Crippen LogP contribution in [-0.2, 0) is 11.2 Å². The number of carbonyl (C=O) groups excluding carboxylic acids is 1. The number of halogens is 1. The van der Waals surface area contributed by atoms with Crippen molar-refractivity contribution < 1.29 is 4.79 Å². The van der Waals surface area contributed by atoms with Crippen molar-refractivity contribution in [1.82, 2.24) is 5.32 Å². The number of fused-ring (bicyclic) bond motifs is 1. The van der Waals surface area contributed by atoms with Gasteiger partial charge < -0.3 is 10.6 Å². The first-order chi connectivity index (χ1) is 10.1. The number of rotatable bonds is 3. The standard InChI is InChI=1S/C17H17BrN2O/c1-10-7-11(3-5-14(10)18)17(19-2)12-4-6-15-13(8-12)9-16(21)20-15/h3-8,17,19H,9H2,1-2H3,(H,20,21). The van der Waals surface area contributed by atoms with Crippen LogP contribution in [0.2, 0.25) is 0 Å². The Labute approximate surface area is 132 Å². The van der Waals surface area contributed by atoms with E-state index in [1.54, 1.807) is 0 Å². The SMILES string of the molecule is CNC(c1ccc(Br)c(C)c1)c1ccc2c(c1)CC(=O)N2. The largest absolute Gasteiger partial charge is 0.326 e. The highest BCUT2D eigenvalue weighted by molar-refractivity contribution is 9.10. The molecular weight excluding hydrogens is 328 g/mol. The van der Waals surface area contributed by atoms with Crippen LogP contribution in [0.4, 0.5) is 5.69 Å². The summed E-state index contributed by atoms with van der Waals surface area (Å²) < 4.78 is 1.12. The van der Waals surface area contributed by atoms with Crippen molar-refractivity contribution in [2.24, 2.45) is 0 Å². The highest BCUT2D eigenvalue weighted by atomic mass is 79.9. The lowest BCUT2D eigenvalue weighted by molar-refractivity contribution is -0.115. The van der Waals surface area contributed by atoms with Crippen LogP contribution in [-0.4, -0.2) is 13.0 Å². The van der Waals surface area contributed by atoms with E-state index in [1.165, 1.54) is 16.7 Å². The Morgan fingerprint density at radius 2 is 1.90 bits per heavy atom. The van der Waals surface area contributed by atoms with Gasteiger partial charge in [-0.1, -0.05) is 40.2 Å². The summed E-state index contributed by atoms with van der Waals surface area (Å²) in [7, 11) is 1.96. The number of aryl methyl sites for hydroxylation is 1. The monoisotopic (exact) mass is 344 g/mol. The number of nitrogens with one attached hydrogen (secondary N) is 2. The molecule has 0 fully saturated rings. The van der Waals surface area contributed by atoms with Crippen LogP contribution in [0.15, 0.2) is 40.9 Å². The molecule has 1 aliphatic heterocycles. The summed E-state index contributed by atoms with van der Waals surface area (Å²) in [6, 6.07) is 12.7. The van der Waals surface area contributed by atoms with Gasteiger partial charge in [-0.3, -0.25) is 4.79 Å². The second-order valence-corrected chi connectivity index (χ2v) is 6.23. The molecule has 0 aromatic heterocycles. The number of carbonyl (C=O) groups is 1. The van der Waals surface area contributed by atoms with Gasteiger partial charge in [0.15, 0.2) is 0 Å². The number of benzene rings is 2. The van der Waals surface area contributed by atoms with E-state index in [4.69, 9.17) is 0 Å². The summed E-state index contributed by atoms with van der Waals surface area (Å²) >= 11 is 3.54. The zero-order valence-electron chi connectivity index (χ0n) is 12.0. The molecule has 0 radical (unpaired) electrons. The van der Waals surface area contributed by atoms with Crippen molar-refractivity contribution in [3.05, 3.63) is 63.1 Å². The van der Waals surface area contributed by atoms with Crippen LogP contribution in [0, 0.1) is 6.92 Å². The molecule has 3 nitrogen and oxygen atoms in total. The molecule has 0 aliphatic carbocycles. The summed E-state index contributed by atoms with van der Waals surface area (Å²) in [6.07, 6.45) is 0.471. The molecule has 1 unspecified atom stereocenters. The zero-order chi connectivity index (χ0) is 15.0. The molecular formula is C17H17BrN2O. The molecule has 2 aromatic carbocycles. The molecule has 0 saturated heterocycles. The van der Waals surface area contributed by atoms with Gasteiger partial charge in [0.25, 0.3) is 0 Å². The summed E-state index contributed by atoms with van der Waals surface area (Å²) in [5, 5.41) is 6.24. The average Bonchev–Trinajstić information content (AvgIpc) is 2.83. The summed E-state index contributed by atoms with van der Waals surface area (Å²) in [5.41, 5.74) is 5.62. The molecule has 2 N–H and O–H groups in total. The minimum atomic E-state index is 0.0719. The zero-order valence-corrected chi connectivity index (χ0v) is 13.6. The van der Waals surface area contributed by atoms with E-state index in [-0.39, 0.29) is 11.9 Å². The normalized spacial score (nSPS) is 14.7. The topological polar surface area (TPSA) is 41.1 Å². The molecule has 1 heterocycles. The highest BCUT2D eigenvalue weighted by Crippen LogP contribution is 2.30. The third-order valence-corrected chi connectivity index (χ3v) is 4.78. The van der Waals surface area contributed by atoms with E-state index >= 15 is 0 Å². The maximum atomic E-state index is 11.5. The fourth-order valence-electron chi connectivity index (χ4n) is 2.80. The molecule has 3 rings (SSSR count). The average molecular weight is 345 g/mol. The van der Waals surface area contributed by atoms with Gasteiger partial charge in [0.05, 0.1) is 12.5 Å². The fourth-order valence-corrected chi connectivity index (χ4v) is 3.05. The van der Waals surface area contributed by atoms with Crippen LogP contribution in [0.25, 0.3) is 0 Å². The van der Waals surface area contributed by atoms with Crippen molar-refractivity contribution in [2.75, 3.05) is 12.4 Å². The van der Waals surface area contributed by atoms with Crippen molar-refractivity contribution in [1.29, 1.82) is 0 Å². The third-order valence-electron chi connectivity index (χ3n) is 3.89. The number of hydrogen-bond donors (Lipinski definition) is 2. The molecule has 1 aliphatic rings. The van der Waals surface area contributed by atoms with Gasteiger partial charge in [-0.25, -0.2) is 0 Å². The van der Waals surface area contributed by atoms with Crippen LogP contribution >= 0.6 is 15.9 Å². The first-order valence-electron chi connectivity index (χ1n) is 6.94. The molecule has 21 heavy (non-hydrogen) atoms. The van der Waals surface area contributed by atoms with E-state index in [9.17, 15) is 4.79 Å². The van der Waals surface area contributed by atoms with Gasteiger partial charge in [-0.15, -0.1) is 0 Å². The summed E-state index contributed by atoms with van der Waals surface area (Å²) in [6.45, 7) is 2.09. The van der Waals surface area contributed by atoms with Crippen LogP contribution in [0.5, 0.6) is 0 Å². The van der Waals surface area contributed by atoms with Crippen molar-refractivity contribution in [2.45, 2.75) is 19.4 Å². The second-order valence-electron chi connectivity index (χ2n) is 5.37. The molecule has 0 spiro atoms. The second kappa shape index (κ2) is 5.62. The predicted molar refractivity (Wildman–Crippen MR) is 88.6 cm³/mol. The lowest BCUT2D eigenvalue weighted by atomic mass is 9.95. The Morgan fingerprint density at radius 1 is 1.19 bits per heavy atom. The van der Waals surface area contributed by atoms with E-state index in [0.29, 0.717) is 6.42 Å². The van der Waals surface area contributed by atoms with E-state index < -0.39 is 0 Å². The summed E-state index contributed by atoms with van der Waals surface area (Å²) in [4.78, 5) is 11.5. The van der Waals surface area contributed by atoms with Gasteiger partial charge in [0.2, 0.25) is 5.91 Å². The molecule has 4 heteroatoms. The lowest BCUT2D eigenvalue weighted by Gasteiger charge is -2.19. The highest BCUT2D eigenvalue weighted by Gasteiger charge is 2.20. The Balaban J connectivity index is 1.98. The first kappa shape index (κ1) is 14.3.